The van der Waals surface area contributed by atoms with Crippen molar-refractivity contribution in [2.45, 2.75) is 17.7 Å². The van der Waals surface area contributed by atoms with Gasteiger partial charge in [-0.1, -0.05) is 24.3 Å². The van der Waals surface area contributed by atoms with Gasteiger partial charge in [0.2, 0.25) is 15.9 Å². The number of hydrogen-bond donors (Lipinski definition) is 1. The molecule has 0 aliphatic carbocycles. The van der Waals surface area contributed by atoms with Crippen molar-refractivity contribution in [2.75, 3.05) is 32.8 Å². The summed E-state index contributed by atoms with van der Waals surface area (Å²) < 4.78 is 44.9. The molecular weight excluding hydrogens is 383 g/mol. The highest BCUT2D eigenvalue weighted by Crippen LogP contribution is 2.17. The smallest absolute Gasteiger partial charge is 0.243 e. The summed E-state index contributed by atoms with van der Waals surface area (Å²) in [4.78, 5) is 12.2. The number of nitrogens with one attached hydrogen (secondary N) is 1. The van der Waals surface area contributed by atoms with Gasteiger partial charge in [0, 0.05) is 19.6 Å². The number of morpholine rings is 1. The molecule has 0 unspecified atom stereocenters. The minimum absolute atomic E-state index is 0.120. The molecule has 2 aromatic carbocycles. The monoisotopic (exact) mass is 406 g/mol. The molecule has 2 aromatic rings. The fraction of sp³-hybridized carbons (Fsp3) is 0.350. The van der Waals surface area contributed by atoms with E-state index in [1.165, 1.54) is 16.4 Å². The topological polar surface area (TPSA) is 75.7 Å². The van der Waals surface area contributed by atoms with E-state index in [0.29, 0.717) is 44.8 Å². The van der Waals surface area contributed by atoms with Crippen LogP contribution in [-0.4, -0.2) is 51.5 Å². The summed E-state index contributed by atoms with van der Waals surface area (Å²) in [6.07, 6.45) is 0.696. The van der Waals surface area contributed by atoms with Crippen LogP contribution in [0.25, 0.3) is 0 Å². The van der Waals surface area contributed by atoms with Crippen molar-refractivity contribution >= 4 is 15.9 Å². The van der Waals surface area contributed by atoms with E-state index in [0.717, 1.165) is 5.56 Å². The van der Waals surface area contributed by atoms with Crippen molar-refractivity contribution in [3.8, 4) is 0 Å². The highest BCUT2D eigenvalue weighted by molar-refractivity contribution is 7.89. The molecule has 1 fully saturated rings. The maximum Gasteiger partial charge on any atom is 0.243 e. The first kappa shape index (κ1) is 20.4. The fourth-order valence-corrected chi connectivity index (χ4v) is 4.41. The number of hydrogen-bond acceptors (Lipinski definition) is 4. The molecule has 8 heteroatoms. The minimum Gasteiger partial charge on any atom is -0.379 e. The van der Waals surface area contributed by atoms with Gasteiger partial charge in [-0.25, -0.2) is 12.8 Å². The Balaban J connectivity index is 1.49. The lowest BCUT2D eigenvalue weighted by Gasteiger charge is -2.26. The molecule has 3 rings (SSSR count). The largest absolute Gasteiger partial charge is 0.379 e. The number of benzene rings is 2. The highest BCUT2D eigenvalue weighted by atomic mass is 32.2. The Morgan fingerprint density at radius 1 is 1.07 bits per heavy atom. The van der Waals surface area contributed by atoms with Crippen LogP contribution in [0.2, 0.25) is 0 Å². The van der Waals surface area contributed by atoms with Gasteiger partial charge in [0.05, 0.1) is 24.5 Å². The van der Waals surface area contributed by atoms with E-state index in [1.807, 2.05) is 0 Å². The Morgan fingerprint density at radius 3 is 2.46 bits per heavy atom. The molecule has 0 radical (unpaired) electrons. The van der Waals surface area contributed by atoms with Crippen molar-refractivity contribution in [1.82, 2.24) is 9.62 Å². The van der Waals surface area contributed by atoms with E-state index < -0.39 is 10.0 Å². The normalized spacial score (nSPS) is 15.3. The molecule has 0 bridgehead atoms. The Kier molecular flexibility index (Phi) is 6.77. The van der Waals surface area contributed by atoms with Crippen LogP contribution in [0.15, 0.2) is 53.4 Å². The molecule has 150 valence electrons. The number of amides is 1. The SMILES string of the molecule is O=C(Cc1cccc(F)c1)NCCc1ccc(S(=O)(=O)N2CCOCC2)cc1. The average molecular weight is 406 g/mol. The van der Waals surface area contributed by atoms with Crippen LogP contribution in [-0.2, 0) is 32.4 Å². The standard InChI is InChI=1S/C20H23FN2O4S/c21-18-3-1-2-17(14-18)15-20(24)22-9-8-16-4-6-19(7-5-16)28(25,26)23-10-12-27-13-11-23/h1-7,14H,8-13,15H2,(H,22,24). The van der Waals surface area contributed by atoms with Gasteiger partial charge in [0.1, 0.15) is 5.82 Å². The molecule has 0 saturated carbocycles. The molecule has 0 spiro atoms. The van der Waals surface area contributed by atoms with Crippen LogP contribution in [0.3, 0.4) is 0 Å². The summed E-state index contributed by atoms with van der Waals surface area (Å²) in [5, 5.41) is 2.79. The van der Waals surface area contributed by atoms with E-state index in [4.69, 9.17) is 4.74 Å². The molecule has 1 heterocycles. The summed E-state index contributed by atoms with van der Waals surface area (Å²) in [6.45, 7) is 1.96. The predicted octanol–water partition coefficient (Wildman–Crippen LogP) is 1.75. The summed E-state index contributed by atoms with van der Waals surface area (Å²) in [7, 11) is -3.50. The first-order chi connectivity index (χ1) is 13.4. The number of halogens is 1. The van der Waals surface area contributed by atoms with E-state index in [9.17, 15) is 17.6 Å². The molecule has 0 aromatic heterocycles. The average Bonchev–Trinajstić information content (AvgIpc) is 2.69. The first-order valence-corrected chi connectivity index (χ1v) is 10.6. The second-order valence-electron chi connectivity index (χ2n) is 6.57. The Labute approximate surface area is 164 Å². The predicted molar refractivity (Wildman–Crippen MR) is 103 cm³/mol. The Morgan fingerprint density at radius 2 is 1.79 bits per heavy atom. The molecular formula is C20H23FN2O4S. The van der Waals surface area contributed by atoms with Crippen LogP contribution in [0.1, 0.15) is 11.1 Å². The number of carbonyl (C=O) groups is 1. The Hall–Kier alpha value is -2.29. The number of nitrogens with zero attached hydrogens (tertiary/aromatic N) is 1. The molecule has 1 aliphatic rings. The summed E-state index contributed by atoms with van der Waals surface area (Å²) in [5.74, 6) is -0.547. The third-order valence-corrected chi connectivity index (χ3v) is 6.43. The fourth-order valence-electron chi connectivity index (χ4n) is 3.01. The molecule has 6 nitrogen and oxygen atoms in total. The molecule has 1 amide bonds. The lowest BCUT2D eigenvalue weighted by molar-refractivity contribution is -0.120. The summed E-state index contributed by atoms with van der Waals surface area (Å²) >= 11 is 0. The molecule has 28 heavy (non-hydrogen) atoms. The van der Waals surface area contributed by atoms with Crippen molar-refractivity contribution in [2.24, 2.45) is 0 Å². The van der Waals surface area contributed by atoms with Gasteiger partial charge < -0.3 is 10.1 Å². The van der Waals surface area contributed by atoms with Gasteiger partial charge in [0.25, 0.3) is 0 Å². The van der Waals surface area contributed by atoms with Gasteiger partial charge in [-0.2, -0.15) is 4.31 Å². The van der Waals surface area contributed by atoms with Crippen molar-refractivity contribution in [1.29, 1.82) is 0 Å². The molecule has 1 aliphatic heterocycles. The van der Waals surface area contributed by atoms with Gasteiger partial charge in [-0.15, -0.1) is 0 Å². The maximum absolute atomic E-state index is 13.1. The zero-order valence-corrected chi connectivity index (χ0v) is 16.3. The Bertz CT molecular complexity index is 910. The van der Waals surface area contributed by atoms with Crippen LogP contribution >= 0.6 is 0 Å². The molecule has 1 saturated heterocycles. The van der Waals surface area contributed by atoms with E-state index >= 15 is 0 Å². The first-order valence-electron chi connectivity index (χ1n) is 9.13. The van der Waals surface area contributed by atoms with Crippen LogP contribution in [0.5, 0.6) is 0 Å². The van der Waals surface area contributed by atoms with E-state index in [1.54, 1.807) is 36.4 Å². The van der Waals surface area contributed by atoms with E-state index in [2.05, 4.69) is 5.32 Å². The maximum atomic E-state index is 13.1. The summed E-state index contributed by atoms with van der Waals surface area (Å²) in [6, 6.07) is 12.7. The van der Waals surface area contributed by atoms with Crippen molar-refractivity contribution in [3.63, 3.8) is 0 Å². The van der Waals surface area contributed by atoms with Crippen molar-refractivity contribution < 1.29 is 22.3 Å². The zero-order chi connectivity index (χ0) is 20.0. The second kappa shape index (κ2) is 9.27. The molecule has 0 atom stereocenters. The highest BCUT2D eigenvalue weighted by Gasteiger charge is 2.25. The van der Waals surface area contributed by atoms with Gasteiger partial charge in [-0.3, -0.25) is 4.79 Å². The number of sulfonamides is 1. The minimum atomic E-state index is -3.50. The number of carbonyl (C=O) groups excluding carboxylic acids is 1. The van der Waals surface area contributed by atoms with Crippen LogP contribution < -0.4 is 5.32 Å². The van der Waals surface area contributed by atoms with E-state index in [-0.39, 0.29) is 23.0 Å². The van der Waals surface area contributed by atoms with Crippen LogP contribution in [0, 0.1) is 5.82 Å². The van der Waals surface area contributed by atoms with Gasteiger partial charge >= 0.3 is 0 Å². The number of ether oxygens (including phenoxy) is 1. The second-order valence-corrected chi connectivity index (χ2v) is 8.50. The molecule has 1 N–H and O–H groups in total. The van der Waals surface area contributed by atoms with Gasteiger partial charge in [0.15, 0.2) is 0 Å². The van der Waals surface area contributed by atoms with Crippen LogP contribution in [0.4, 0.5) is 4.39 Å². The van der Waals surface area contributed by atoms with Gasteiger partial charge in [-0.05, 0) is 41.8 Å². The third-order valence-electron chi connectivity index (χ3n) is 4.52. The summed E-state index contributed by atoms with van der Waals surface area (Å²) in [5.41, 5.74) is 1.54. The van der Waals surface area contributed by atoms with Crippen molar-refractivity contribution in [3.05, 3.63) is 65.5 Å². The third kappa shape index (κ3) is 5.37. The zero-order valence-electron chi connectivity index (χ0n) is 15.4. The quantitative estimate of drug-likeness (QED) is 0.760. The number of rotatable bonds is 7. The lowest BCUT2D eigenvalue weighted by atomic mass is 10.1. The lowest BCUT2D eigenvalue weighted by Crippen LogP contribution is -2.40.